The zero-order valence-electron chi connectivity index (χ0n) is 11.9. The monoisotopic (exact) mass is 386 g/mol. The number of aromatic nitrogens is 1. The summed E-state index contributed by atoms with van der Waals surface area (Å²) in [5.74, 6) is 0.661. The molecule has 0 atom stereocenters. The molecule has 0 aliphatic carbocycles. The second-order valence-corrected chi connectivity index (χ2v) is 7.04. The summed E-state index contributed by atoms with van der Waals surface area (Å²) in [6.45, 7) is 0.484. The van der Waals surface area contributed by atoms with E-state index in [1.54, 1.807) is 12.1 Å². The topological polar surface area (TPSA) is 51.2 Å². The van der Waals surface area contributed by atoms with Crippen LogP contribution in [0.25, 0.3) is 11.3 Å². The molecule has 4 nitrogen and oxygen atoms in total. The van der Waals surface area contributed by atoms with E-state index in [4.69, 9.17) is 4.74 Å². The minimum Gasteiger partial charge on any atom is -0.487 e. The number of ether oxygens (including phenoxy) is 1. The third-order valence-corrected chi connectivity index (χ3v) is 5.00. The Kier molecular flexibility index (Phi) is 3.63. The Morgan fingerprint density at radius 3 is 2.78 bits per heavy atom. The van der Waals surface area contributed by atoms with Crippen molar-refractivity contribution in [2.45, 2.75) is 6.61 Å². The first-order valence-corrected chi connectivity index (χ1v) is 8.60. The molecule has 114 valence electrons. The second kappa shape index (κ2) is 5.79. The number of halogens is 1. The van der Waals surface area contributed by atoms with E-state index in [1.165, 1.54) is 11.3 Å². The number of carbonyl (C=O) groups is 1. The summed E-state index contributed by atoms with van der Waals surface area (Å²) in [6, 6.07) is 15.0. The van der Waals surface area contributed by atoms with Crippen LogP contribution in [0.1, 0.15) is 15.2 Å². The number of carbonyl (C=O) groups excluding carboxylic acids is 1. The number of thiazole rings is 1. The Balaban J connectivity index is 1.62. The Bertz CT molecular complexity index is 890. The van der Waals surface area contributed by atoms with Gasteiger partial charge < -0.3 is 4.74 Å². The van der Waals surface area contributed by atoms with Crippen molar-refractivity contribution >= 4 is 38.3 Å². The maximum absolute atomic E-state index is 12.3. The molecule has 1 aliphatic heterocycles. The standard InChI is InChI=1S/C17H11BrN2O2S/c18-11-7-5-10(6-8-11)16(21)20-17-19-15-12-3-1-2-4-13(12)22-9-14(15)23-17/h1-8H,9H2,(H,19,20,21). The average molecular weight is 387 g/mol. The molecule has 0 radical (unpaired) electrons. The number of nitrogens with one attached hydrogen (secondary N) is 1. The van der Waals surface area contributed by atoms with Gasteiger partial charge in [-0.15, -0.1) is 0 Å². The summed E-state index contributed by atoms with van der Waals surface area (Å²) in [7, 11) is 0. The highest BCUT2D eigenvalue weighted by Crippen LogP contribution is 2.40. The highest BCUT2D eigenvalue weighted by Gasteiger charge is 2.22. The predicted octanol–water partition coefficient (Wildman–Crippen LogP) is 4.72. The first kappa shape index (κ1) is 14.4. The van der Waals surface area contributed by atoms with Gasteiger partial charge in [-0.25, -0.2) is 4.98 Å². The van der Waals surface area contributed by atoms with Crippen LogP contribution < -0.4 is 10.1 Å². The third kappa shape index (κ3) is 2.75. The highest BCUT2D eigenvalue weighted by atomic mass is 79.9. The van der Waals surface area contributed by atoms with Crippen molar-refractivity contribution in [1.82, 2.24) is 4.98 Å². The number of hydrogen-bond acceptors (Lipinski definition) is 4. The van der Waals surface area contributed by atoms with E-state index in [9.17, 15) is 4.79 Å². The fourth-order valence-electron chi connectivity index (χ4n) is 2.42. The zero-order chi connectivity index (χ0) is 15.8. The molecule has 2 aromatic carbocycles. The van der Waals surface area contributed by atoms with Crippen molar-refractivity contribution in [1.29, 1.82) is 0 Å². The Morgan fingerprint density at radius 2 is 1.96 bits per heavy atom. The van der Waals surface area contributed by atoms with Crippen LogP contribution in [0, 0.1) is 0 Å². The van der Waals surface area contributed by atoms with Crippen LogP contribution in [0.2, 0.25) is 0 Å². The molecule has 6 heteroatoms. The van der Waals surface area contributed by atoms with Crippen molar-refractivity contribution < 1.29 is 9.53 Å². The molecule has 0 saturated carbocycles. The summed E-state index contributed by atoms with van der Waals surface area (Å²) in [6.07, 6.45) is 0. The molecule has 1 N–H and O–H groups in total. The molecule has 23 heavy (non-hydrogen) atoms. The number of rotatable bonds is 2. The number of fused-ring (bicyclic) bond motifs is 3. The van der Waals surface area contributed by atoms with Gasteiger partial charge in [0.1, 0.15) is 12.4 Å². The highest BCUT2D eigenvalue weighted by molar-refractivity contribution is 9.10. The van der Waals surface area contributed by atoms with E-state index in [0.717, 1.165) is 26.4 Å². The average Bonchev–Trinajstić information content (AvgIpc) is 2.98. The lowest BCUT2D eigenvalue weighted by molar-refractivity contribution is 0.102. The quantitative estimate of drug-likeness (QED) is 0.693. The van der Waals surface area contributed by atoms with Crippen molar-refractivity contribution in [3.05, 3.63) is 63.4 Å². The molecule has 1 aliphatic rings. The van der Waals surface area contributed by atoms with Crippen molar-refractivity contribution in [2.75, 3.05) is 5.32 Å². The van der Waals surface area contributed by atoms with Crippen LogP contribution in [0.5, 0.6) is 5.75 Å². The zero-order valence-corrected chi connectivity index (χ0v) is 14.3. The lowest BCUT2D eigenvalue weighted by Crippen LogP contribution is -2.11. The molecule has 0 bridgehead atoms. The summed E-state index contributed by atoms with van der Waals surface area (Å²) in [5.41, 5.74) is 2.45. The Morgan fingerprint density at radius 1 is 1.17 bits per heavy atom. The van der Waals surface area contributed by atoms with Gasteiger partial charge in [0.2, 0.25) is 0 Å². The van der Waals surface area contributed by atoms with Gasteiger partial charge >= 0.3 is 0 Å². The second-order valence-electron chi connectivity index (χ2n) is 5.04. The van der Waals surface area contributed by atoms with Crippen LogP contribution in [-0.4, -0.2) is 10.9 Å². The summed E-state index contributed by atoms with van der Waals surface area (Å²) in [5, 5.41) is 3.45. The smallest absolute Gasteiger partial charge is 0.257 e. The number of anilines is 1. The maximum Gasteiger partial charge on any atom is 0.257 e. The molecule has 1 amide bonds. The van der Waals surface area contributed by atoms with Crippen molar-refractivity contribution in [2.24, 2.45) is 0 Å². The van der Waals surface area contributed by atoms with Crippen LogP contribution in [0.15, 0.2) is 53.0 Å². The molecule has 2 heterocycles. The fraction of sp³-hybridized carbons (Fsp3) is 0.0588. The van der Waals surface area contributed by atoms with Crippen molar-refractivity contribution in [3.8, 4) is 17.0 Å². The van der Waals surface area contributed by atoms with Crippen LogP contribution in [0.3, 0.4) is 0 Å². The molecule has 4 rings (SSSR count). The molecule has 0 spiro atoms. The van der Waals surface area contributed by atoms with Gasteiger partial charge in [-0.2, -0.15) is 0 Å². The maximum atomic E-state index is 12.3. The number of nitrogens with zero attached hydrogens (tertiary/aromatic N) is 1. The van der Waals surface area contributed by atoms with Crippen molar-refractivity contribution in [3.63, 3.8) is 0 Å². The SMILES string of the molecule is O=C(Nc1nc2c(s1)COc1ccccc1-2)c1ccc(Br)cc1. The van der Waals surface area contributed by atoms with E-state index in [2.05, 4.69) is 26.2 Å². The van der Waals surface area contributed by atoms with E-state index in [1.807, 2.05) is 36.4 Å². The van der Waals surface area contributed by atoms with Gasteiger partial charge in [-0.3, -0.25) is 10.1 Å². The van der Waals surface area contributed by atoms with Crippen LogP contribution in [-0.2, 0) is 6.61 Å². The third-order valence-electron chi connectivity index (χ3n) is 3.53. The Labute approximate surface area is 145 Å². The van der Waals surface area contributed by atoms with Gasteiger partial charge in [0.15, 0.2) is 5.13 Å². The normalized spacial score (nSPS) is 12.0. The molecule has 0 unspecified atom stereocenters. The van der Waals surface area contributed by atoms with E-state index in [0.29, 0.717) is 17.3 Å². The van der Waals surface area contributed by atoms with Crippen LogP contribution >= 0.6 is 27.3 Å². The minimum absolute atomic E-state index is 0.169. The molecular weight excluding hydrogens is 376 g/mol. The first-order valence-electron chi connectivity index (χ1n) is 6.99. The summed E-state index contributed by atoms with van der Waals surface area (Å²) in [4.78, 5) is 17.9. The summed E-state index contributed by atoms with van der Waals surface area (Å²) < 4.78 is 6.66. The lowest BCUT2D eigenvalue weighted by atomic mass is 10.1. The molecular formula is C17H11BrN2O2S. The lowest BCUT2D eigenvalue weighted by Gasteiger charge is -2.15. The molecule has 0 fully saturated rings. The fourth-order valence-corrected chi connectivity index (χ4v) is 3.56. The molecule has 3 aromatic rings. The molecule has 1 aromatic heterocycles. The number of hydrogen-bond donors (Lipinski definition) is 1. The van der Waals surface area contributed by atoms with E-state index >= 15 is 0 Å². The van der Waals surface area contributed by atoms with Gasteiger partial charge in [0, 0.05) is 15.6 Å². The molecule has 0 saturated heterocycles. The van der Waals surface area contributed by atoms with E-state index < -0.39 is 0 Å². The van der Waals surface area contributed by atoms with E-state index in [-0.39, 0.29) is 5.91 Å². The van der Waals surface area contributed by atoms with Gasteiger partial charge in [0.05, 0.1) is 10.6 Å². The minimum atomic E-state index is -0.169. The van der Waals surface area contributed by atoms with Gasteiger partial charge in [-0.05, 0) is 36.4 Å². The number of amides is 1. The number of benzene rings is 2. The Hall–Kier alpha value is -2.18. The number of para-hydroxylation sites is 1. The first-order chi connectivity index (χ1) is 11.2. The predicted molar refractivity (Wildman–Crippen MR) is 94.0 cm³/mol. The summed E-state index contributed by atoms with van der Waals surface area (Å²) >= 11 is 4.81. The van der Waals surface area contributed by atoms with Gasteiger partial charge in [-0.1, -0.05) is 39.4 Å². The van der Waals surface area contributed by atoms with Crippen LogP contribution in [0.4, 0.5) is 5.13 Å². The largest absolute Gasteiger partial charge is 0.487 e. The van der Waals surface area contributed by atoms with Gasteiger partial charge in [0.25, 0.3) is 5.91 Å².